The van der Waals surface area contributed by atoms with Gasteiger partial charge in [0.2, 0.25) is 0 Å². The minimum Gasteiger partial charge on any atom is -0.359 e. The van der Waals surface area contributed by atoms with Crippen molar-refractivity contribution in [1.82, 2.24) is 4.90 Å². The first-order chi connectivity index (χ1) is 8.70. The minimum atomic E-state index is 0.219. The number of piperidine rings is 1. The zero-order chi connectivity index (χ0) is 13.0. The van der Waals surface area contributed by atoms with Crippen molar-refractivity contribution in [3.63, 3.8) is 0 Å². The molecule has 0 bridgehead atoms. The van der Waals surface area contributed by atoms with Gasteiger partial charge >= 0.3 is 0 Å². The van der Waals surface area contributed by atoms with Gasteiger partial charge in [-0.15, -0.1) is 0 Å². The Kier molecular flexibility index (Phi) is 4.59. The average molecular weight is 276 g/mol. The number of hydrogen-bond acceptors (Lipinski definition) is 3. The number of aliphatic imine (C=N–C) groups is 1. The molecule has 1 aromatic rings. The molecule has 4 heteroatoms. The molecule has 0 amide bonds. The van der Waals surface area contributed by atoms with Crippen LogP contribution in [0.15, 0.2) is 35.3 Å². The lowest BCUT2D eigenvalue weighted by Gasteiger charge is -2.38. The smallest absolute Gasteiger partial charge is 0.0806 e. The van der Waals surface area contributed by atoms with Gasteiger partial charge in [-0.1, -0.05) is 42.5 Å². The molecule has 0 radical (unpaired) electrons. The molecule has 1 aliphatic heterocycles. The highest BCUT2D eigenvalue weighted by Gasteiger charge is 2.28. The molecule has 1 aliphatic rings. The summed E-state index contributed by atoms with van der Waals surface area (Å²) in [6, 6.07) is 11.1. The fourth-order valence-electron chi connectivity index (χ4n) is 2.37. The Morgan fingerprint density at radius 3 is 2.72 bits per heavy atom. The van der Waals surface area contributed by atoms with E-state index >= 15 is 0 Å². The molecule has 1 fully saturated rings. The number of nitrogens with zero attached hydrogens (tertiary/aromatic N) is 2. The van der Waals surface area contributed by atoms with Gasteiger partial charge in [0.1, 0.15) is 0 Å². The van der Waals surface area contributed by atoms with E-state index in [0.29, 0.717) is 6.04 Å². The summed E-state index contributed by atoms with van der Waals surface area (Å²) in [5, 5.41) is 2.47. The van der Waals surface area contributed by atoms with Crippen molar-refractivity contribution >= 4 is 34.6 Å². The monoisotopic (exact) mass is 276 g/mol. The first kappa shape index (κ1) is 13.3. The molecule has 0 unspecified atom stereocenters. The summed E-state index contributed by atoms with van der Waals surface area (Å²) in [6.07, 6.45) is 1.81. The van der Waals surface area contributed by atoms with Crippen molar-refractivity contribution in [2.45, 2.75) is 38.4 Å². The quantitative estimate of drug-likeness (QED) is 0.621. The molecule has 2 rings (SSSR count). The van der Waals surface area contributed by atoms with Crippen LogP contribution in [0.2, 0.25) is 0 Å². The first-order valence-corrected chi connectivity index (χ1v) is 6.92. The van der Waals surface area contributed by atoms with Crippen molar-refractivity contribution in [2.24, 2.45) is 4.99 Å². The molecule has 0 aromatic heterocycles. The Morgan fingerprint density at radius 1 is 1.39 bits per heavy atom. The van der Waals surface area contributed by atoms with Gasteiger partial charge in [0.15, 0.2) is 0 Å². The molecule has 1 heterocycles. The summed E-state index contributed by atoms with van der Waals surface area (Å²) >= 11 is 10.2. The first-order valence-electron chi connectivity index (χ1n) is 6.11. The highest BCUT2D eigenvalue weighted by Crippen LogP contribution is 2.23. The van der Waals surface area contributed by atoms with Gasteiger partial charge in [-0.2, -0.15) is 0 Å². The van der Waals surface area contributed by atoms with Gasteiger partial charge in [0.05, 0.1) is 16.2 Å². The molecule has 2 nitrogen and oxygen atoms in total. The van der Waals surface area contributed by atoms with Crippen LogP contribution in [0.4, 0.5) is 0 Å². The van der Waals surface area contributed by atoms with E-state index in [1.807, 2.05) is 6.07 Å². The molecule has 1 saturated heterocycles. The van der Waals surface area contributed by atoms with E-state index in [2.05, 4.69) is 58.5 Å². The normalized spacial score (nSPS) is 23.6. The molecule has 1 aromatic carbocycles. The second-order valence-corrected chi connectivity index (χ2v) is 5.32. The van der Waals surface area contributed by atoms with E-state index in [0.717, 1.165) is 24.4 Å². The Morgan fingerprint density at radius 2 is 2.11 bits per heavy atom. The summed E-state index contributed by atoms with van der Waals surface area (Å²) in [5.74, 6) is 0. The number of rotatable bonds is 3. The zero-order valence-corrected chi connectivity index (χ0v) is 12.0. The molecule has 2 atom stereocenters. The van der Waals surface area contributed by atoms with Gasteiger partial charge in [-0.25, -0.2) is 4.99 Å². The fraction of sp³-hybridized carbons (Fsp3) is 0.429. The Balaban J connectivity index is 2.06. The Labute approximate surface area is 119 Å². The lowest BCUT2D eigenvalue weighted by molar-refractivity contribution is 0.265. The van der Waals surface area contributed by atoms with Crippen molar-refractivity contribution in [2.75, 3.05) is 0 Å². The summed E-state index contributed by atoms with van der Waals surface area (Å²) in [4.78, 5) is 7.45. The van der Waals surface area contributed by atoms with Crippen LogP contribution in [0.25, 0.3) is 0 Å². The molecular weight excluding hydrogens is 260 g/mol. The summed E-state index contributed by atoms with van der Waals surface area (Å²) in [7, 11) is 0. The highest BCUT2D eigenvalue weighted by atomic mass is 32.1. The van der Waals surface area contributed by atoms with Crippen molar-refractivity contribution in [3.8, 4) is 0 Å². The van der Waals surface area contributed by atoms with Crippen LogP contribution >= 0.6 is 24.4 Å². The SMILES string of the molecule is C[C@H]1C[C@H](N=C=S)CC(=S)N1Cc1ccccc1. The molecule has 0 spiro atoms. The summed E-state index contributed by atoms with van der Waals surface area (Å²) in [5.41, 5.74) is 1.29. The largest absolute Gasteiger partial charge is 0.359 e. The van der Waals surface area contributed by atoms with Crippen molar-refractivity contribution in [3.05, 3.63) is 35.9 Å². The lowest BCUT2D eigenvalue weighted by atomic mass is 9.98. The van der Waals surface area contributed by atoms with Crippen LogP contribution in [-0.2, 0) is 6.54 Å². The summed E-state index contributed by atoms with van der Waals surface area (Å²) in [6.45, 7) is 3.08. The third-order valence-corrected chi connectivity index (χ3v) is 3.81. The number of thiocarbonyl (C=S) groups is 2. The van der Waals surface area contributed by atoms with Gasteiger partial charge in [0.25, 0.3) is 0 Å². The number of hydrogen-bond donors (Lipinski definition) is 0. The molecule has 18 heavy (non-hydrogen) atoms. The zero-order valence-electron chi connectivity index (χ0n) is 10.4. The molecular formula is C14H16N2S2. The maximum absolute atomic E-state index is 5.50. The average Bonchev–Trinajstić information content (AvgIpc) is 2.36. The maximum Gasteiger partial charge on any atom is 0.0806 e. The third-order valence-electron chi connectivity index (χ3n) is 3.31. The third kappa shape index (κ3) is 3.22. The second-order valence-electron chi connectivity index (χ2n) is 4.67. The predicted octanol–water partition coefficient (Wildman–Crippen LogP) is 3.47. The van der Waals surface area contributed by atoms with Gasteiger partial charge in [-0.3, -0.25) is 0 Å². The van der Waals surface area contributed by atoms with Crippen LogP contribution in [0.5, 0.6) is 0 Å². The predicted molar refractivity (Wildman–Crippen MR) is 82.1 cm³/mol. The molecule has 94 valence electrons. The van der Waals surface area contributed by atoms with Crippen molar-refractivity contribution in [1.29, 1.82) is 0 Å². The van der Waals surface area contributed by atoms with E-state index in [1.54, 1.807) is 0 Å². The number of likely N-dealkylation sites (tertiary alicyclic amines) is 1. The Hall–Kier alpha value is -1.09. The van der Waals surface area contributed by atoms with E-state index in [1.165, 1.54) is 5.56 Å². The van der Waals surface area contributed by atoms with Gasteiger partial charge in [-0.05, 0) is 31.1 Å². The molecule has 0 aliphatic carbocycles. The highest BCUT2D eigenvalue weighted by molar-refractivity contribution is 7.80. The van der Waals surface area contributed by atoms with E-state index < -0.39 is 0 Å². The fourth-order valence-corrected chi connectivity index (χ4v) is 2.95. The number of benzene rings is 1. The van der Waals surface area contributed by atoms with Crippen LogP contribution < -0.4 is 0 Å². The van der Waals surface area contributed by atoms with Gasteiger partial charge < -0.3 is 4.90 Å². The number of isothiocyanates is 1. The van der Waals surface area contributed by atoms with Crippen LogP contribution in [-0.4, -0.2) is 27.1 Å². The molecule has 0 N–H and O–H groups in total. The topological polar surface area (TPSA) is 15.6 Å². The van der Waals surface area contributed by atoms with Crippen LogP contribution in [0, 0.1) is 0 Å². The lowest BCUT2D eigenvalue weighted by Crippen LogP contribution is -2.44. The molecule has 0 saturated carbocycles. The second kappa shape index (κ2) is 6.19. The van der Waals surface area contributed by atoms with E-state index in [-0.39, 0.29) is 6.04 Å². The summed E-state index contributed by atoms with van der Waals surface area (Å²) < 4.78 is 0. The standard InChI is InChI=1S/C14H16N2S2/c1-11-7-13(15-10-17)8-14(18)16(11)9-12-5-3-2-4-6-12/h2-6,11,13H,7-9H2,1H3/t11-,13-/m0/s1. The van der Waals surface area contributed by atoms with Crippen molar-refractivity contribution < 1.29 is 0 Å². The van der Waals surface area contributed by atoms with E-state index in [4.69, 9.17) is 12.2 Å². The van der Waals surface area contributed by atoms with E-state index in [9.17, 15) is 0 Å². The van der Waals surface area contributed by atoms with Crippen LogP contribution in [0.1, 0.15) is 25.3 Å². The van der Waals surface area contributed by atoms with Gasteiger partial charge in [0, 0.05) is 19.0 Å². The Bertz CT molecular complexity index is 466. The van der Waals surface area contributed by atoms with Crippen LogP contribution in [0.3, 0.4) is 0 Å². The maximum atomic E-state index is 5.50. The minimum absolute atomic E-state index is 0.219.